The molecule has 1 aromatic carbocycles. The maximum atomic E-state index is 14.3. The molecule has 4 heteroatoms. The lowest BCUT2D eigenvalue weighted by Gasteiger charge is -2.43. The smallest absolute Gasteiger partial charge is 0.128 e. The van der Waals surface area contributed by atoms with Gasteiger partial charge in [-0.1, -0.05) is 22.9 Å². The van der Waals surface area contributed by atoms with Gasteiger partial charge in [0.15, 0.2) is 0 Å². The Morgan fingerprint density at radius 2 is 2.00 bits per heavy atom. The summed E-state index contributed by atoms with van der Waals surface area (Å²) in [6.45, 7) is 9.53. The SMILES string of the molecule is CCNC(c1cc(Br)ccc1F)C(C)(C)N1CCCC1. The molecule has 2 rings (SSSR count). The van der Waals surface area contributed by atoms with E-state index in [4.69, 9.17) is 0 Å². The molecule has 20 heavy (non-hydrogen) atoms. The Bertz CT molecular complexity index is 456. The molecular weight excluding hydrogens is 319 g/mol. The fourth-order valence-corrected chi connectivity index (χ4v) is 3.54. The Kier molecular flexibility index (Phi) is 5.21. The van der Waals surface area contributed by atoms with Crippen LogP contribution >= 0.6 is 15.9 Å². The van der Waals surface area contributed by atoms with E-state index in [1.54, 1.807) is 12.1 Å². The molecule has 112 valence electrons. The van der Waals surface area contributed by atoms with Crippen LogP contribution in [0.3, 0.4) is 0 Å². The van der Waals surface area contributed by atoms with Crippen molar-refractivity contribution < 1.29 is 4.39 Å². The molecule has 0 aromatic heterocycles. The van der Waals surface area contributed by atoms with E-state index in [1.165, 1.54) is 12.8 Å². The van der Waals surface area contributed by atoms with Crippen LogP contribution < -0.4 is 5.32 Å². The Labute approximate surface area is 129 Å². The number of halogens is 2. The summed E-state index contributed by atoms with van der Waals surface area (Å²) in [6, 6.07) is 5.19. The van der Waals surface area contributed by atoms with Gasteiger partial charge >= 0.3 is 0 Å². The average Bonchev–Trinajstić information content (AvgIpc) is 2.93. The van der Waals surface area contributed by atoms with E-state index in [0.29, 0.717) is 0 Å². The molecule has 1 aliphatic rings. The van der Waals surface area contributed by atoms with Crippen molar-refractivity contribution in [1.82, 2.24) is 10.2 Å². The van der Waals surface area contributed by atoms with Gasteiger partial charge in [0.1, 0.15) is 5.82 Å². The third-order valence-corrected chi connectivity index (χ3v) is 4.80. The first-order chi connectivity index (χ1) is 9.46. The lowest BCUT2D eigenvalue weighted by atomic mass is 9.86. The highest BCUT2D eigenvalue weighted by molar-refractivity contribution is 9.10. The first-order valence-corrected chi connectivity index (χ1v) is 8.19. The molecule has 0 aliphatic carbocycles. The summed E-state index contributed by atoms with van der Waals surface area (Å²) in [5.41, 5.74) is 0.645. The van der Waals surface area contributed by atoms with Gasteiger partial charge in [-0.3, -0.25) is 4.90 Å². The maximum Gasteiger partial charge on any atom is 0.128 e. The molecule has 0 saturated carbocycles. The highest BCUT2D eigenvalue weighted by Gasteiger charge is 2.38. The zero-order valence-electron chi connectivity index (χ0n) is 12.5. The molecular formula is C16H24BrFN2. The number of hydrogen-bond acceptors (Lipinski definition) is 2. The Hall–Kier alpha value is -0.450. The van der Waals surface area contributed by atoms with E-state index < -0.39 is 0 Å². The molecule has 1 aromatic rings. The van der Waals surface area contributed by atoms with Crippen LogP contribution in [-0.4, -0.2) is 30.1 Å². The third-order valence-electron chi connectivity index (χ3n) is 4.30. The first-order valence-electron chi connectivity index (χ1n) is 7.40. The summed E-state index contributed by atoms with van der Waals surface area (Å²) >= 11 is 3.46. The summed E-state index contributed by atoms with van der Waals surface area (Å²) in [6.07, 6.45) is 2.48. The molecule has 1 N–H and O–H groups in total. The van der Waals surface area contributed by atoms with Gasteiger partial charge in [-0.05, 0) is 64.5 Å². The number of likely N-dealkylation sites (tertiary alicyclic amines) is 1. The van der Waals surface area contributed by atoms with Crippen molar-refractivity contribution in [1.29, 1.82) is 0 Å². The van der Waals surface area contributed by atoms with Crippen LogP contribution in [-0.2, 0) is 0 Å². The lowest BCUT2D eigenvalue weighted by molar-refractivity contribution is 0.106. The summed E-state index contributed by atoms with van der Waals surface area (Å²) in [5.74, 6) is -0.133. The molecule has 1 atom stereocenters. The number of nitrogens with one attached hydrogen (secondary N) is 1. The van der Waals surface area contributed by atoms with Crippen molar-refractivity contribution in [3.05, 3.63) is 34.1 Å². The summed E-state index contributed by atoms with van der Waals surface area (Å²) in [5, 5.41) is 3.48. The van der Waals surface area contributed by atoms with Gasteiger partial charge in [-0.2, -0.15) is 0 Å². The standard InChI is InChI=1S/C16H24BrFN2/c1-4-19-15(13-11-12(17)7-8-14(13)18)16(2,3)20-9-5-6-10-20/h7-8,11,15,19H,4-6,9-10H2,1-3H3. The highest BCUT2D eigenvalue weighted by Crippen LogP contribution is 2.35. The second-order valence-electron chi connectivity index (χ2n) is 6.00. The minimum absolute atomic E-state index is 0.0110. The van der Waals surface area contributed by atoms with Crippen LogP contribution in [0.15, 0.2) is 22.7 Å². The van der Waals surface area contributed by atoms with Gasteiger partial charge in [0.25, 0.3) is 0 Å². The fourth-order valence-electron chi connectivity index (χ4n) is 3.16. The van der Waals surface area contributed by atoms with E-state index in [1.807, 2.05) is 6.07 Å². The van der Waals surface area contributed by atoms with E-state index in [9.17, 15) is 4.39 Å². The van der Waals surface area contributed by atoms with E-state index in [2.05, 4.69) is 46.9 Å². The average molecular weight is 343 g/mol. The predicted molar refractivity (Wildman–Crippen MR) is 85.4 cm³/mol. The molecule has 1 aliphatic heterocycles. The fraction of sp³-hybridized carbons (Fsp3) is 0.625. The summed E-state index contributed by atoms with van der Waals surface area (Å²) in [7, 11) is 0. The van der Waals surface area contributed by atoms with Crippen LogP contribution in [0, 0.1) is 5.82 Å². The zero-order valence-corrected chi connectivity index (χ0v) is 14.1. The van der Waals surface area contributed by atoms with Crippen molar-refractivity contribution in [2.24, 2.45) is 0 Å². The topological polar surface area (TPSA) is 15.3 Å². The number of benzene rings is 1. The van der Waals surface area contributed by atoms with E-state index in [-0.39, 0.29) is 17.4 Å². The van der Waals surface area contributed by atoms with Crippen molar-refractivity contribution in [2.75, 3.05) is 19.6 Å². The monoisotopic (exact) mass is 342 g/mol. The molecule has 0 radical (unpaired) electrons. The van der Waals surface area contributed by atoms with Crippen LogP contribution in [0.1, 0.15) is 45.2 Å². The van der Waals surface area contributed by atoms with Crippen molar-refractivity contribution in [2.45, 2.75) is 45.2 Å². The molecule has 1 fully saturated rings. The van der Waals surface area contributed by atoms with Crippen molar-refractivity contribution in [3.8, 4) is 0 Å². The number of nitrogens with zero attached hydrogens (tertiary/aromatic N) is 1. The normalized spacial score (nSPS) is 18.4. The maximum absolute atomic E-state index is 14.3. The van der Waals surface area contributed by atoms with Crippen molar-refractivity contribution in [3.63, 3.8) is 0 Å². The Morgan fingerprint density at radius 3 is 2.60 bits per heavy atom. The first kappa shape index (κ1) is 15.9. The van der Waals surface area contributed by atoms with Gasteiger partial charge in [-0.25, -0.2) is 4.39 Å². The molecule has 2 nitrogen and oxygen atoms in total. The minimum Gasteiger partial charge on any atom is -0.309 e. The Balaban J connectivity index is 2.36. The molecule has 0 amide bonds. The second-order valence-corrected chi connectivity index (χ2v) is 6.92. The number of rotatable bonds is 5. The number of likely N-dealkylation sites (N-methyl/N-ethyl adjacent to an activating group) is 1. The number of hydrogen-bond donors (Lipinski definition) is 1. The van der Waals surface area contributed by atoms with Crippen molar-refractivity contribution >= 4 is 15.9 Å². The second kappa shape index (κ2) is 6.54. The van der Waals surface area contributed by atoms with Gasteiger partial charge < -0.3 is 5.32 Å². The minimum atomic E-state index is -0.133. The van der Waals surface area contributed by atoms with Gasteiger partial charge in [0.05, 0.1) is 6.04 Å². The Morgan fingerprint density at radius 1 is 1.35 bits per heavy atom. The summed E-state index contributed by atoms with van der Waals surface area (Å²) in [4.78, 5) is 2.47. The molecule has 1 unspecified atom stereocenters. The molecule has 0 spiro atoms. The highest BCUT2D eigenvalue weighted by atomic mass is 79.9. The van der Waals surface area contributed by atoms with Gasteiger partial charge in [0.2, 0.25) is 0 Å². The zero-order chi connectivity index (χ0) is 14.8. The van der Waals surface area contributed by atoms with Gasteiger partial charge in [-0.15, -0.1) is 0 Å². The lowest BCUT2D eigenvalue weighted by Crippen LogP contribution is -2.51. The van der Waals surface area contributed by atoms with Gasteiger partial charge in [0, 0.05) is 15.6 Å². The summed E-state index contributed by atoms with van der Waals surface area (Å²) < 4.78 is 15.2. The largest absolute Gasteiger partial charge is 0.309 e. The predicted octanol–water partition coefficient (Wildman–Crippen LogP) is 4.11. The van der Waals surface area contributed by atoms with E-state index >= 15 is 0 Å². The van der Waals surface area contributed by atoms with Crippen LogP contribution in [0.25, 0.3) is 0 Å². The molecule has 1 heterocycles. The molecule has 0 bridgehead atoms. The van der Waals surface area contributed by atoms with E-state index in [0.717, 1.165) is 29.7 Å². The van der Waals surface area contributed by atoms with Crippen LogP contribution in [0.5, 0.6) is 0 Å². The van der Waals surface area contributed by atoms with Crippen LogP contribution in [0.4, 0.5) is 4.39 Å². The quantitative estimate of drug-likeness (QED) is 0.865. The van der Waals surface area contributed by atoms with Crippen LogP contribution in [0.2, 0.25) is 0 Å². The third kappa shape index (κ3) is 3.23. The molecule has 1 saturated heterocycles.